The summed E-state index contributed by atoms with van der Waals surface area (Å²) in [5.74, 6) is 0.236. The summed E-state index contributed by atoms with van der Waals surface area (Å²) < 4.78 is 0. The van der Waals surface area contributed by atoms with Crippen LogP contribution in [0.15, 0.2) is 24.3 Å². The molecule has 19 heavy (non-hydrogen) atoms. The van der Waals surface area contributed by atoms with E-state index in [9.17, 15) is 9.90 Å². The molecule has 1 saturated carbocycles. The van der Waals surface area contributed by atoms with Gasteiger partial charge in [0, 0.05) is 19.6 Å². The minimum absolute atomic E-state index is 0. The number of aliphatic carboxylic acids is 1. The summed E-state index contributed by atoms with van der Waals surface area (Å²) in [6, 6.07) is 7.16. The Bertz CT molecular complexity index is 421. The fourth-order valence-electron chi connectivity index (χ4n) is 2.07. The van der Waals surface area contributed by atoms with Crippen molar-refractivity contribution in [3.63, 3.8) is 0 Å². The van der Waals surface area contributed by atoms with Gasteiger partial charge in [-0.1, -0.05) is 12.1 Å². The first-order chi connectivity index (χ1) is 8.63. The zero-order valence-electron chi connectivity index (χ0n) is 10.8. The SMILES string of the molecule is Cl.O=C(O)CCN(Cc1cccc(O)c1)CC1CC1. The normalized spacial score (nSPS) is 14.2. The molecule has 2 N–H and O–H groups in total. The highest BCUT2D eigenvalue weighted by atomic mass is 35.5. The number of hydrogen-bond donors (Lipinski definition) is 2. The van der Waals surface area contributed by atoms with E-state index in [1.807, 2.05) is 12.1 Å². The van der Waals surface area contributed by atoms with E-state index < -0.39 is 5.97 Å². The molecule has 4 nitrogen and oxygen atoms in total. The summed E-state index contributed by atoms with van der Waals surface area (Å²) in [7, 11) is 0. The number of nitrogens with zero attached hydrogens (tertiary/aromatic N) is 1. The molecule has 1 aromatic rings. The maximum atomic E-state index is 10.6. The summed E-state index contributed by atoms with van der Waals surface area (Å²) in [6.45, 7) is 2.24. The van der Waals surface area contributed by atoms with Crippen LogP contribution < -0.4 is 0 Å². The lowest BCUT2D eigenvalue weighted by Crippen LogP contribution is -2.28. The van der Waals surface area contributed by atoms with E-state index in [4.69, 9.17) is 5.11 Å². The maximum absolute atomic E-state index is 10.6. The first-order valence-corrected chi connectivity index (χ1v) is 6.35. The second kappa shape index (κ2) is 7.36. The zero-order valence-corrected chi connectivity index (χ0v) is 11.6. The number of carboxylic acids is 1. The van der Waals surface area contributed by atoms with Crippen LogP contribution in [-0.4, -0.2) is 34.2 Å². The van der Waals surface area contributed by atoms with Crippen molar-refractivity contribution < 1.29 is 15.0 Å². The highest BCUT2D eigenvalue weighted by molar-refractivity contribution is 5.85. The Labute approximate surface area is 119 Å². The molecule has 0 spiro atoms. The molecule has 0 amide bonds. The van der Waals surface area contributed by atoms with Crippen molar-refractivity contribution in [2.24, 2.45) is 5.92 Å². The second-order valence-corrected chi connectivity index (χ2v) is 4.99. The Morgan fingerprint density at radius 1 is 1.37 bits per heavy atom. The van der Waals surface area contributed by atoms with Crippen molar-refractivity contribution in [1.82, 2.24) is 4.90 Å². The molecule has 1 aliphatic carbocycles. The lowest BCUT2D eigenvalue weighted by Gasteiger charge is -2.21. The zero-order chi connectivity index (χ0) is 13.0. The van der Waals surface area contributed by atoms with Crippen LogP contribution in [0.25, 0.3) is 0 Å². The van der Waals surface area contributed by atoms with Gasteiger partial charge in [-0.05, 0) is 36.5 Å². The average Bonchev–Trinajstić information content (AvgIpc) is 3.10. The Morgan fingerprint density at radius 2 is 2.11 bits per heavy atom. The van der Waals surface area contributed by atoms with Gasteiger partial charge in [-0.3, -0.25) is 9.69 Å². The topological polar surface area (TPSA) is 60.8 Å². The monoisotopic (exact) mass is 285 g/mol. The largest absolute Gasteiger partial charge is 0.508 e. The van der Waals surface area contributed by atoms with E-state index >= 15 is 0 Å². The molecule has 0 saturated heterocycles. The van der Waals surface area contributed by atoms with Crippen molar-refractivity contribution >= 4 is 18.4 Å². The van der Waals surface area contributed by atoms with Gasteiger partial charge in [0.05, 0.1) is 6.42 Å². The molecule has 5 heteroatoms. The van der Waals surface area contributed by atoms with E-state index in [0.29, 0.717) is 13.1 Å². The van der Waals surface area contributed by atoms with E-state index in [0.717, 1.165) is 18.0 Å². The van der Waals surface area contributed by atoms with Gasteiger partial charge in [-0.15, -0.1) is 12.4 Å². The van der Waals surface area contributed by atoms with Crippen molar-refractivity contribution in [1.29, 1.82) is 0 Å². The smallest absolute Gasteiger partial charge is 0.304 e. The molecule has 2 rings (SSSR count). The molecule has 0 aromatic heterocycles. The summed E-state index contributed by atoms with van der Waals surface area (Å²) in [5, 5.41) is 18.2. The number of phenols is 1. The van der Waals surface area contributed by atoms with Crippen LogP contribution in [0.4, 0.5) is 0 Å². The highest BCUT2D eigenvalue weighted by Gasteiger charge is 2.24. The Kier molecular flexibility index (Phi) is 6.12. The molecular formula is C14H20ClNO3. The van der Waals surface area contributed by atoms with Crippen LogP contribution in [0.5, 0.6) is 5.75 Å². The molecule has 106 valence electrons. The number of phenolic OH excluding ortho intramolecular Hbond substituents is 1. The molecule has 0 unspecified atom stereocenters. The van der Waals surface area contributed by atoms with E-state index in [1.165, 1.54) is 12.8 Å². The van der Waals surface area contributed by atoms with Gasteiger partial charge in [0.1, 0.15) is 5.75 Å². The van der Waals surface area contributed by atoms with Crippen LogP contribution in [0, 0.1) is 5.92 Å². The lowest BCUT2D eigenvalue weighted by molar-refractivity contribution is -0.137. The maximum Gasteiger partial charge on any atom is 0.304 e. The Balaban J connectivity index is 0.00000180. The first kappa shape index (κ1) is 15.8. The minimum atomic E-state index is -0.758. The minimum Gasteiger partial charge on any atom is -0.508 e. The molecule has 1 aliphatic rings. The van der Waals surface area contributed by atoms with Crippen molar-refractivity contribution in [3.05, 3.63) is 29.8 Å². The Morgan fingerprint density at radius 3 is 2.68 bits per heavy atom. The number of hydrogen-bond acceptors (Lipinski definition) is 3. The summed E-state index contributed by atoms with van der Waals surface area (Å²) in [4.78, 5) is 12.8. The number of aromatic hydroxyl groups is 1. The Hall–Kier alpha value is -1.26. The first-order valence-electron chi connectivity index (χ1n) is 6.35. The predicted octanol–water partition coefficient (Wildman–Crippen LogP) is 2.50. The van der Waals surface area contributed by atoms with Crippen LogP contribution in [0.3, 0.4) is 0 Å². The molecule has 1 fully saturated rings. The molecule has 0 radical (unpaired) electrons. The van der Waals surface area contributed by atoms with Crippen LogP contribution in [0.2, 0.25) is 0 Å². The lowest BCUT2D eigenvalue weighted by atomic mass is 10.2. The molecule has 0 aliphatic heterocycles. The van der Waals surface area contributed by atoms with Crippen molar-refractivity contribution in [2.75, 3.05) is 13.1 Å². The van der Waals surface area contributed by atoms with Crippen LogP contribution in [0.1, 0.15) is 24.8 Å². The van der Waals surface area contributed by atoms with Gasteiger partial charge < -0.3 is 10.2 Å². The van der Waals surface area contributed by atoms with Crippen molar-refractivity contribution in [2.45, 2.75) is 25.8 Å². The summed E-state index contributed by atoms with van der Waals surface area (Å²) >= 11 is 0. The highest BCUT2D eigenvalue weighted by Crippen LogP contribution is 2.30. The standard InChI is InChI=1S/C14H19NO3.ClH/c16-13-3-1-2-12(8-13)10-15(7-6-14(17)18)9-11-4-5-11;/h1-3,8,11,16H,4-7,9-10H2,(H,17,18);1H. The van der Waals surface area contributed by atoms with Gasteiger partial charge in [0.25, 0.3) is 0 Å². The second-order valence-electron chi connectivity index (χ2n) is 4.99. The van der Waals surface area contributed by atoms with Gasteiger partial charge in [0.15, 0.2) is 0 Å². The summed E-state index contributed by atoms with van der Waals surface area (Å²) in [5.41, 5.74) is 1.03. The van der Waals surface area contributed by atoms with Gasteiger partial charge >= 0.3 is 5.97 Å². The summed E-state index contributed by atoms with van der Waals surface area (Å²) in [6.07, 6.45) is 2.68. The number of rotatable bonds is 7. The van der Waals surface area contributed by atoms with E-state index in [1.54, 1.807) is 12.1 Å². The predicted molar refractivity (Wildman–Crippen MR) is 75.6 cm³/mol. The van der Waals surface area contributed by atoms with Crippen LogP contribution >= 0.6 is 12.4 Å². The van der Waals surface area contributed by atoms with E-state index in [-0.39, 0.29) is 24.6 Å². The fourth-order valence-corrected chi connectivity index (χ4v) is 2.07. The number of benzene rings is 1. The molecule has 0 heterocycles. The third kappa shape index (κ3) is 5.94. The van der Waals surface area contributed by atoms with Gasteiger partial charge in [-0.2, -0.15) is 0 Å². The third-order valence-electron chi connectivity index (χ3n) is 3.17. The average molecular weight is 286 g/mol. The fraction of sp³-hybridized carbons (Fsp3) is 0.500. The molecule has 0 bridgehead atoms. The molecule has 1 aromatic carbocycles. The number of carbonyl (C=O) groups is 1. The third-order valence-corrected chi connectivity index (χ3v) is 3.17. The quantitative estimate of drug-likeness (QED) is 0.808. The van der Waals surface area contributed by atoms with E-state index in [2.05, 4.69) is 4.90 Å². The molecular weight excluding hydrogens is 266 g/mol. The van der Waals surface area contributed by atoms with Crippen molar-refractivity contribution in [3.8, 4) is 5.75 Å². The van der Waals surface area contributed by atoms with Crippen LogP contribution in [-0.2, 0) is 11.3 Å². The van der Waals surface area contributed by atoms with Gasteiger partial charge in [0.2, 0.25) is 0 Å². The number of halogens is 1. The molecule has 0 atom stereocenters. The van der Waals surface area contributed by atoms with Gasteiger partial charge in [-0.25, -0.2) is 0 Å². The number of carboxylic acid groups (broad SMARTS) is 1.